The number of unbranched alkanes of at least 4 members (excludes halogenated alkanes) is 1. The molecule has 0 aromatic heterocycles. The average molecular weight is 913 g/mol. The fourth-order valence-electron chi connectivity index (χ4n) is 6.06. The maximum atomic E-state index is 13.4. The Labute approximate surface area is 374 Å². The van der Waals surface area contributed by atoms with Crippen molar-refractivity contribution < 1.29 is 81.0 Å². The van der Waals surface area contributed by atoms with Gasteiger partial charge in [-0.25, -0.2) is 9.59 Å². The second-order valence-electron chi connectivity index (χ2n) is 14.0. The van der Waals surface area contributed by atoms with Gasteiger partial charge in [-0.2, -0.15) is 0 Å². The number of ether oxygens (including phenoxy) is 5. The van der Waals surface area contributed by atoms with E-state index < -0.39 is 81.5 Å². The molecule has 0 bridgehead atoms. The molecular weight excluding hydrogens is 853 g/mol. The third kappa shape index (κ3) is 20.2. The molecule has 0 fully saturated rings. The van der Waals surface area contributed by atoms with Crippen molar-refractivity contribution in [2.75, 3.05) is 33.0 Å². The molecule has 0 atom stereocenters. The van der Waals surface area contributed by atoms with Crippen molar-refractivity contribution >= 4 is 44.6 Å². The third-order valence-electron chi connectivity index (χ3n) is 9.02. The fourth-order valence-corrected chi connectivity index (χ4v) is 8.75. The SMILES string of the molecule is C=CCOC(CC(=O)OCc1ccccc1)(CC(=O)OCc1ccccc1)C(=O)OCc1ccccc1.CCO[Si](CCCCOC(CC(=O)O)(CC(=O)O)C(=O)O)(OCC)OCC. The molecular formula is C46H60O17Si. The maximum Gasteiger partial charge on any atom is 0.500 e. The van der Waals surface area contributed by atoms with Crippen LogP contribution in [0.5, 0.6) is 0 Å². The van der Waals surface area contributed by atoms with Gasteiger partial charge in [0.25, 0.3) is 0 Å². The number of rotatable bonds is 31. The highest BCUT2D eigenvalue weighted by molar-refractivity contribution is 6.60. The summed E-state index contributed by atoms with van der Waals surface area (Å²) in [6, 6.07) is 27.8. The fraction of sp³-hybridized carbons (Fsp3) is 0.435. The summed E-state index contributed by atoms with van der Waals surface area (Å²) in [7, 11) is -2.83. The van der Waals surface area contributed by atoms with Crippen LogP contribution in [0.4, 0.5) is 0 Å². The van der Waals surface area contributed by atoms with Crippen LogP contribution in [0.15, 0.2) is 104 Å². The van der Waals surface area contributed by atoms with Crippen molar-refractivity contribution in [3.05, 3.63) is 120 Å². The van der Waals surface area contributed by atoms with Crippen molar-refractivity contribution in [1.29, 1.82) is 0 Å². The van der Waals surface area contributed by atoms with Crippen molar-refractivity contribution in [1.82, 2.24) is 0 Å². The summed E-state index contributed by atoms with van der Waals surface area (Å²) in [5, 5.41) is 27.1. The second kappa shape index (κ2) is 29.6. The van der Waals surface area contributed by atoms with E-state index in [1.807, 2.05) is 99.6 Å². The van der Waals surface area contributed by atoms with E-state index in [2.05, 4.69) is 6.58 Å². The number of carboxylic acids is 3. The van der Waals surface area contributed by atoms with E-state index >= 15 is 0 Å². The lowest BCUT2D eigenvalue weighted by Gasteiger charge is -2.29. The van der Waals surface area contributed by atoms with Gasteiger partial charge in [0.15, 0.2) is 11.2 Å². The Morgan fingerprint density at radius 1 is 0.562 bits per heavy atom. The molecule has 0 aliphatic heterocycles. The zero-order valence-electron chi connectivity index (χ0n) is 36.6. The summed E-state index contributed by atoms with van der Waals surface area (Å²) >= 11 is 0. The Bertz CT molecular complexity index is 1780. The van der Waals surface area contributed by atoms with Crippen LogP contribution in [0.25, 0.3) is 0 Å². The van der Waals surface area contributed by atoms with E-state index in [1.165, 1.54) is 6.08 Å². The van der Waals surface area contributed by atoms with E-state index in [0.29, 0.717) is 38.7 Å². The van der Waals surface area contributed by atoms with Gasteiger partial charge in [0, 0.05) is 32.5 Å². The van der Waals surface area contributed by atoms with E-state index in [1.54, 1.807) is 12.1 Å². The molecule has 3 aromatic rings. The minimum Gasteiger partial charge on any atom is -0.481 e. The molecule has 18 heteroatoms. The van der Waals surface area contributed by atoms with E-state index in [4.69, 9.17) is 47.2 Å². The summed E-state index contributed by atoms with van der Waals surface area (Å²) in [6.45, 7) is 10.2. The Morgan fingerprint density at radius 2 is 0.969 bits per heavy atom. The van der Waals surface area contributed by atoms with Gasteiger partial charge in [-0.3, -0.25) is 19.2 Å². The summed E-state index contributed by atoms with van der Waals surface area (Å²) < 4.78 is 44.4. The van der Waals surface area contributed by atoms with Crippen molar-refractivity contribution in [3.8, 4) is 0 Å². The molecule has 3 N–H and O–H groups in total. The smallest absolute Gasteiger partial charge is 0.481 e. The molecule has 3 rings (SSSR count). The summed E-state index contributed by atoms with van der Waals surface area (Å²) in [5.41, 5.74) is -1.95. The zero-order valence-corrected chi connectivity index (χ0v) is 37.6. The number of hydrogen-bond donors (Lipinski definition) is 3. The van der Waals surface area contributed by atoms with Gasteiger partial charge in [0.2, 0.25) is 0 Å². The number of hydrogen-bond acceptors (Lipinski definition) is 14. The predicted octanol–water partition coefficient (Wildman–Crippen LogP) is 6.54. The molecule has 3 aromatic carbocycles. The highest BCUT2D eigenvalue weighted by atomic mass is 28.4. The highest BCUT2D eigenvalue weighted by Gasteiger charge is 2.47. The Hall–Kier alpha value is -5.76. The minimum atomic E-state index is -2.83. The molecule has 0 heterocycles. The standard InChI is InChI=1S/C30H30O7.C16H30O10Si/c1-2-18-37-30(29(33)36-23-26-16-10-5-11-17-26,19-27(31)34-21-24-12-6-3-7-13-24)20-28(32)35-22-25-14-8-4-9-15-25;1-4-24-27(25-5-2,26-6-3)10-8-7-9-23-16(15(21)22,11-13(17)18)12-14(19)20/h2-17H,1,18-23H2;4-12H2,1-3H3,(H,17,18)(H,19,20)(H,21,22). The Morgan fingerprint density at radius 3 is 1.33 bits per heavy atom. The van der Waals surface area contributed by atoms with Gasteiger partial charge >= 0.3 is 44.6 Å². The van der Waals surface area contributed by atoms with E-state index in [9.17, 15) is 33.9 Å². The Balaban J connectivity index is 0.000000465. The topological polar surface area (TPSA) is 237 Å². The average Bonchev–Trinajstić information content (AvgIpc) is 3.27. The van der Waals surface area contributed by atoms with Gasteiger partial charge in [-0.15, -0.1) is 6.58 Å². The quantitative estimate of drug-likeness (QED) is 0.0204. The second-order valence-corrected chi connectivity index (χ2v) is 16.8. The van der Waals surface area contributed by atoms with Crippen LogP contribution in [0.2, 0.25) is 6.04 Å². The van der Waals surface area contributed by atoms with Crippen LogP contribution >= 0.6 is 0 Å². The molecule has 0 spiro atoms. The minimum absolute atomic E-state index is 0.00866. The first-order valence-electron chi connectivity index (χ1n) is 20.8. The normalized spacial score (nSPS) is 11.4. The molecule has 64 heavy (non-hydrogen) atoms. The summed E-state index contributed by atoms with van der Waals surface area (Å²) in [4.78, 5) is 72.4. The number of carboxylic acid groups (broad SMARTS) is 3. The molecule has 0 saturated heterocycles. The van der Waals surface area contributed by atoms with Gasteiger partial charge in [-0.05, 0) is 50.3 Å². The van der Waals surface area contributed by atoms with E-state index in [0.717, 1.165) is 16.7 Å². The Kier molecular flexibility index (Phi) is 25.1. The van der Waals surface area contributed by atoms with Crippen molar-refractivity contribution in [3.63, 3.8) is 0 Å². The first-order valence-corrected chi connectivity index (χ1v) is 22.7. The lowest BCUT2D eigenvalue weighted by atomic mass is 9.95. The van der Waals surface area contributed by atoms with E-state index in [-0.39, 0.29) is 33.0 Å². The molecule has 17 nitrogen and oxygen atoms in total. The van der Waals surface area contributed by atoms with Crippen molar-refractivity contribution in [2.24, 2.45) is 0 Å². The molecule has 0 saturated carbocycles. The van der Waals surface area contributed by atoms with Gasteiger partial charge in [0.1, 0.15) is 19.8 Å². The van der Waals surface area contributed by atoms with Crippen LogP contribution in [-0.2, 0) is 85.6 Å². The number of benzene rings is 3. The lowest BCUT2D eigenvalue weighted by molar-refractivity contribution is -0.185. The molecule has 350 valence electrons. The first kappa shape index (κ1) is 54.4. The summed E-state index contributed by atoms with van der Waals surface area (Å²) in [5.74, 6) is -6.83. The molecule has 0 amide bonds. The van der Waals surface area contributed by atoms with Gasteiger partial charge in [-0.1, -0.05) is 97.1 Å². The molecule has 0 unspecified atom stereocenters. The third-order valence-corrected chi connectivity index (χ3v) is 12.2. The molecule has 0 aliphatic carbocycles. The molecule has 0 radical (unpaired) electrons. The lowest BCUT2D eigenvalue weighted by Crippen LogP contribution is -2.47. The number of carbonyl (C=O) groups is 6. The van der Waals surface area contributed by atoms with Gasteiger partial charge < -0.3 is 52.3 Å². The maximum absolute atomic E-state index is 13.4. The number of aliphatic carboxylic acids is 3. The highest BCUT2D eigenvalue weighted by Crippen LogP contribution is 2.27. The van der Waals surface area contributed by atoms with Crippen LogP contribution in [0.1, 0.15) is 76.0 Å². The zero-order chi connectivity index (χ0) is 47.3. The van der Waals surface area contributed by atoms with Gasteiger partial charge in [0.05, 0.1) is 32.3 Å². The largest absolute Gasteiger partial charge is 0.500 e. The van der Waals surface area contributed by atoms with Crippen LogP contribution < -0.4 is 0 Å². The summed E-state index contributed by atoms with van der Waals surface area (Å²) in [6.07, 6.45) is -0.639. The van der Waals surface area contributed by atoms with Crippen LogP contribution in [0.3, 0.4) is 0 Å². The van der Waals surface area contributed by atoms with Crippen LogP contribution in [-0.4, -0.2) is 104 Å². The number of carbonyl (C=O) groups excluding carboxylic acids is 3. The predicted molar refractivity (Wildman–Crippen MR) is 232 cm³/mol. The molecule has 0 aliphatic rings. The monoisotopic (exact) mass is 912 g/mol. The van der Waals surface area contributed by atoms with Crippen LogP contribution in [0, 0.1) is 0 Å². The first-order chi connectivity index (χ1) is 30.7. The van der Waals surface area contributed by atoms with Crippen molar-refractivity contribution in [2.45, 2.75) is 96.4 Å². The number of esters is 3.